The summed E-state index contributed by atoms with van der Waals surface area (Å²) in [6.45, 7) is 12.0. The van der Waals surface area contributed by atoms with E-state index < -0.39 is 0 Å². The van der Waals surface area contributed by atoms with Crippen molar-refractivity contribution in [3.8, 4) is 0 Å². The third kappa shape index (κ3) is 3.74. The summed E-state index contributed by atoms with van der Waals surface area (Å²) in [5.74, 6) is 0. The van der Waals surface area contributed by atoms with Crippen molar-refractivity contribution in [2.24, 2.45) is 0 Å². The highest BCUT2D eigenvalue weighted by Crippen LogP contribution is 2.27. The standard InChI is InChI=1S/C20H27N/c1-6-21-19(13-18-10-8-7-9-15(18)3)20-16(4)11-14(2)12-17(20)5/h7-12,19,21H,6,13H2,1-5H3. The first-order chi connectivity index (χ1) is 10.0. The molecule has 0 saturated carbocycles. The zero-order chi connectivity index (χ0) is 15.4. The first-order valence-corrected chi connectivity index (χ1v) is 7.88. The molecule has 0 aliphatic carbocycles. The molecule has 0 saturated heterocycles. The van der Waals surface area contributed by atoms with Gasteiger partial charge in [-0.05, 0) is 68.5 Å². The van der Waals surface area contributed by atoms with Gasteiger partial charge in [0.05, 0.1) is 0 Å². The molecule has 0 radical (unpaired) electrons. The molecule has 1 atom stereocenters. The molecule has 1 heteroatoms. The maximum atomic E-state index is 3.68. The second-order valence-corrected chi connectivity index (χ2v) is 6.05. The summed E-state index contributed by atoms with van der Waals surface area (Å²) < 4.78 is 0. The number of benzene rings is 2. The monoisotopic (exact) mass is 281 g/mol. The SMILES string of the molecule is CCNC(Cc1ccccc1C)c1c(C)cc(C)cc1C. The van der Waals surface area contributed by atoms with Gasteiger partial charge in [0.2, 0.25) is 0 Å². The summed E-state index contributed by atoms with van der Waals surface area (Å²) in [7, 11) is 0. The van der Waals surface area contributed by atoms with Crippen LogP contribution in [0.5, 0.6) is 0 Å². The van der Waals surface area contributed by atoms with Crippen LogP contribution in [0.4, 0.5) is 0 Å². The van der Waals surface area contributed by atoms with Gasteiger partial charge in [-0.15, -0.1) is 0 Å². The molecule has 0 aromatic heterocycles. The Hall–Kier alpha value is -1.60. The van der Waals surface area contributed by atoms with Gasteiger partial charge in [0.25, 0.3) is 0 Å². The quantitative estimate of drug-likeness (QED) is 0.829. The topological polar surface area (TPSA) is 12.0 Å². The Kier molecular flexibility index (Phi) is 5.19. The van der Waals surface area contributed by atoms with Crippen LogP contribution in [0.1, 0.15) is 46.3 Å². The lowest BCUT2D eigenvalue weighted by Crippen LogP contribution is -2.25. The van der Waals surface area contributed by atoms with E-state index in [1.165, 1.54) is 33.4 Å². The number of likely N-dealkylation sites (N-methyl/N-ethyl adjacent to an activating group) is 1. The van der Waals surface area contributed by atoms with Crippen molar-refractivity contribution in [1.29, 1.82) is 0 Å². The van der Waals surface area contributed by atoms with Gasteiger partial charge in [-0.2, -0.15) is 0 Å². The van der Waals surface area contributed by atoms with Crippen molar-refractivity contribution in [2.75, 3.05) is 6.54 Å². The summed E-state index contributed by atoms with van der Waals surface area (Å²) in [6, 6.07) is 13.7. The molecule has 0 heterocycles. The van der Waals surface area contributed by atoms with Gasteiger partial charge in [0.1, 0.15) is 0 Å². The molecule has 1 nitrogen and oxygen atoms in total. The van der Waals surface area contributed by atoms with E-state index in [9.17, 15) is 0 Å². The summed E-state index contributed by atoms with van der Waals surface area (Å²) in [6.07, 6.45) is 1.05. The zero-order valence-electron chi connectivity index (χ0n) is 14.0. The van der Waals surface area contributed by atoms with Crippen LogP contribution >= 0.6 is 0 Å². The maximum absolute atomic E-state index is 3.68. The summed E-state index contributed by atoms with van der Waals surface area (Å²) in [5, 5.41) is 3.68. The molecular formula is C20H27N. The van der Waals surface area contributed by atoms with E-state index in [4.69, 9.17) is 0 Å². The Morgan fingerprint density at radius 1 is 0.905 bits per heavy atom. The van der Waals surface area contributed by atoms with E-state index in [0.29, 0.717) is 6.04 Å². The van der Waals surface area contributed by atoms with E-state index in [2.05, 4.69) is 76.3 Å². The van der Waals surface area contributed by atoms with Gasteiger partial charge >= 0.3 is 0 Å². The minimum Gasteiger partial charge on any atom is -0.310 e. The zero-order valence-corrected chi connectivity index (χ0v) is 14.0. The number of aryl methyl sites for hydroxylation is 4. The smallest absolute Gasteiger partial charge is 0.0366 e. The third-order valence-corrected chi connectivity index (χ3v) is 4.22. The lowest BCUT2D eigenvalue weighted by Gasteiger charge is -2.24. The Morgan fingerprint density at radius 3 is 2.10 bits per heavy atom. The van der Waals surface area contributed by atoms with Crippen LogP contribution in [0.15, 0.2) is 36.4 Å². The van der Waals surface area contributed by atoms with Crippen molar-refractivity contribution in [1.82, 2.24) is 5.32 Å². The fourth-order valence-corrected chi connectivity index (χ4v) is 3.32. The molecular weight excluding hydrogens is 254 g/mol. The number of hydrogen-bond acceptors (Lipinski definition) is 1. The second kappa shape index (κ2) is 6.91. The first-order valence-electron chi connectivity index (χ1n) is 7.88. The number of nitrogens with one attached hydrogen (secondary N) is 1. The average Bonchev–Trinajstić information content (AvgIpc) is 2.40. The fourth-order valence-electron chi connectivity index (χ4n) is 3.32. The van der Waals surface area contributed by atoms with Gasteiger partial charge in [0, 0.05) is 6.04 Å². The molecule has 0 aliphatic heterocycles. The Bertz CT molecular complexity index is 590. The highest BCUT2D eigenvalue weighted by molar-refractivity contribution is 5.41. The Morgan fingerprint density at radius 2 is 1.52 bits per heavy atom. The molecule has 0 fully saturated rings. The predicted molar refractivity (Wildman–Crippen MR) is 92.0 cm³/mol. The van der Waals surface area contributed by atoms with Crippen molar-refractivity contribution in [3.05, 3.63) is 69.8 Å². The molecule has 2 aromatic carbocycles. The molecule has 21 heavy (non-hydrogen) atoms. The molecule has 2 rings (SSSR count). The largest absolute Gasteiger partial charge is 0.310 e. The van der Waals surface area contributed by atoms with E-state index >= 15 is 0 Å². The summed E-state index contributed by atoms with van der Waals surface area (Å²) in [4.78, 5) is 0. The Balaban J connectivity index is 2.38. The minimum absolute atomic E-state index is 0.386. The van der Waals surface area contributed by atoms with Crippen molar-refractivity contribution in [3.63, 3.8) is 0 Å². The van der Waals surface area contributed by atoms with Gasteiger partial charge in [-0.1, -0.05) is 48.9 Å². The van der Waals surface area contributed by atoms with Crippen LogP contribution in [-0.2, 0) is 6.42 Å². The molecule has 1 unspecified atom stereocenters. The van der Waals surface area contributed by atoms with E-state index in [-0.39, 0.29) is 0 Å². The van der Waals surface area contributed by atoms with Crippen molar-refractivity contribution in [2.45, 2.75) is 47.1 Å². The van der Waals surface area contributed by atoms with Crippen LogP contribution in [0, 0.1) is 27.7 Å². The van der Waals surface area contributed by atoms with E-state index in [1.807, 2.05) is 0 Å². The lowest BCUT2D eigenvalue weighted by atomic mass is 9.89. The first kappa shape index (κ1) is 15.8. The summed E-state index contributed by atoms with van der Waals surface area (Å²) in [5.41, 5.74) is 8.41. The average molecular weight is 281 g/mol. The van der Waals surface area contributed by atoms with Crippen molar-refractivity contribution >= 4 is 0 Å². The normalized spacial score (nSPS) is 12.4. The van der Waals surface area contributed by atoms with Crippen LogP contribution in [-0.4, -0.2) is 6.54 Å². The molecule has 0 amide bonds. The van der Waals surface area contributed by atoms with Crippen LogP contribution in [0.3, 0.4) is 0 Å². The van der Waals surface area contributed by atoms with Gasteiger partial charge in [-0.3, -0.25) is 0 Å². The number of rotatable bonds is 5. The van der Waals surface area contributed by atoms with Gasteiger partial charge < -0.3 is 5.32 Å². The molecule has 1 N–H and O–H groups in total. The molecule has 0 bridgehead atoms. The van der Waals surface area contributed by atoms with Gasteiger partial charge in [0.15, 0.2) is 0 Å². The van der Waals surface area contributed by atoms with E-state index in [0.717, 1.165) is 13.0 Å². The fraction of sp³-hybridized carbons (Fsp3) is 0.400. The molecule has 112 valence electrons. The Labute approximate surface area is 129 Å². The lowest BCUT2D eigenvalue weighted by molar-refractivity contribution is 0.543. The maximum Gasteiger partial charge on any atom is 0.0366 e. The highest BCUT2D eigenvalue weighted by atomic mass is 14.9. The molecule has 0 aliphatic rings. The second-order valence-electron chi connectivity index (χ2n) is 6.05. The van der Waals surface area contributed by atoms with Crippen molar-refractivity contribution < 1.29 is 0 Å². The molecule has 2 aromatic rings. The predicted octanol–water partition coefficient (Wildman–Crippen LogP) is 4.81. The number of hydrogen-bond donors (Lipinski definition) is 1. The van der Waals surface area contributed by atoms with Crippen LogP contribution in [0.2, 0.25) is 0 Å². The van der Waals surface area contributed by atoms with Gasteiger partial charge in [-0.25, -0.2) is 0 Å². The summed E-state index contributed by atoms with van der Waals surface area (Å²) >= 11 is 0. The minimum atomic E-state index is 0.386. The van der Waals surface area contributed by atoms with Crippen LogP contribution < -0.4 is 5.32 Å². The van der Waals surface area contributed by atoms with E-state index in [1.54, 1.807) is 0 Å². The van der Waals surface area contributed by atoms with Crippen LogP contribution in [0.25, 0.3) is 0 Å². The third-order valence-electron chi connectivity index (χ3n) is 4.22. The highest BCUT2D eigenvalue weighted by Gasteiger charge is 2.17. The molecule has 0 spiro atoms.